The van der Waals surface area contributed by atoms with Crippen molar-refractivity contribution in [1.29, 1.82) is 0 Å². The summed E-state index contributed by atoms with van der Waals surface area (Å²) in [4.78, 5) is 26.8. The van der Waals surface area contributed by atoms with Gasteiger partial charge in [-0.1, -0.05) is 58.4 Å². The molecule has 1 unspecified atom stereocenters. The van der Waals surface area contributed by atoms with Gasteiger partial charge in [-0.15, -0.1) is 0 Å². The summed E-state index contributed by atoms with van der Waals surface area (Å²) in [5.41, 5.74) is 1.84. The molecular weight excluding hydrogens is 366 g/mol. The Morgan fingerprint density at radius 1 is 1.00 bits per heavy atom. The van der Waals surface area contributed by atoms with Gasteiger partial charge in [-0.3, -0.25) is 9.59 Å². The van der Waals surface area contributed by atoms with E-state index in [1.165, 1.54) is 5.56 Å². The van der Waals surface area contributed by atoms with E-state index in [-0.39, 0.29) is 30.6 Å². The van der Waals surface area contributed by atoms with Gasteiger partial charge in [0.1, 0.15) is 0 Å². The second kappa shape index (κ2) is 7.75. The van der Waals surface area contributed by atoms with E-state index in [0.29, 0.717) is 5.56 Å². The van der Waals surface area contributed by atoms with Crippen molar-refractivity contribution in [3.05, 3.63) is 70.2 Å². The Morgan fingerprint density at radius 2 is 1.71 bits per heavy atom. The van der Waals surface area contributed by atoms with Crippen molar-refractivity contribution in [2.45, 2.75) is 31.7 Å². The Bertz CT molecular complexity index is 712. The summed E-state index contributed by atoms with van der Waals surface area (Å²) in [6, 6.07) is 17.6. The highest BCUT2D eigenvalue weighted by atomic mass is 79.9. The first kappa shape index (κ1) is 16.9. The maximum Gasteiger partial charge on any atom is 0.223 e. The Morgan fingerprint density at radius 3 is 2.42 bits per heavy atom. The number of hydrogen-bond acceptors (Lipinski definition) is 2. The molecule has 0 radical (unpaired) electrons. The molecule has 1 fully saturated rings. The number of rotatable bonds is 5. The van der Waals surface area contributed by atoms with Crippen LogP contribution in [-0.4, -0.2) is 23.1 Å². The molecule has 0 bridgehead atoms. The van der Waals surface area contributed by atoms with Crippen molar-refractivity contribution in [1.82, 2.24) is 4.90 Å². The predicted molar refractivity (Wildman–Crippen MR) is 97.8 cm³/mol. The zero-order valence-electron chi connectivity index (χ0n) is 13.5. The van der Waals surface area contributed by atoms with Gasteiger partial charge in [0.2, 0.25) is 5.91 Å². The highest BCUT2D eigenvalue weighted by Crippen LogP contribution is 2.32. The fourth-order valence-corrected chi connectivity index (χ4v) is 3.50. The third-order valence-electron chi connectivity index (χ3n) is 4.49. The first-order valence-corrected chi connectivity index (χ1v) is 9.07. The van der Waals surface area contributed by atoms with Crippen LogP contribution in [0.25, 0.3) is 0 Å². The van der Waals surface area contributed by atoms with Crippen molar-refractivity contribution in [3.63, 3.8) is 0 Å². The van der Waals surface area contributed by atoms with Crippen LogP contribution in [0.3, 0.4) is 0 Å². The number of benzene rings is 2. The molecule has 4 heteroatoms. The molecule has 1 saturated heterocycles. The van der Waals surface area contributed by atoms with E-state index in [4.69, 9.17) is 0 Å². The summed E-state index contributed by atoms with van der Waals surface area (Å²) in [6.45, 7) is 0.783. The van der Waals surface area contributed by atoms with Crippen molar-refractivity contribution in [3.8, 4) is 0 Å². The summed E-state index contributed by atoms with van der Waals surface area (Å²) in [5.74, 6) is 0.0955. The maximum absolute atomic E-state index is 12.6. The molecule has 1 aliphatic heterocycles. The minimum Gasteiger partial charge on any atom is -0.336 e. The highest BCUT2D eigenvalue weighted by Gasteiger charge is 2.29. The van der Waals surface area contributed by atoms with E-state index in [9.17, 15) is 9.59 Å². The molecule has 0 aromatic heterocycles. The molecule has 3 nitrogen and oxygen atoms in total. The molecule has 2 aromatic carbocycles. The molecule has 124 valence electrons. The maximum atomic E-state index is 12.6. The minimum absolute atomic E-state index is 0.0197. The number of halogens is 1. The zero-order valence-corrected chi connectivity index (χ0v) is 15.0. The smallest absolute Gasteiger partial charge is 0.223 e. The van der Waals surface area contributed by atoms with Crippen molar-refractivity contribution >= 4 is 27.6 Å². The van der Waals surface area contributed by atoms with Gasteiger partial charge in [0, 0.05) is 29.4 Å². The van der Waals surface area contributed by atoms with Gasteiger partial charge in [0.05, 0.1) is 6.04 Å². The molecule has 1 heterocycles. The van der Waals surface area contributed by atoms with E-state index >= 15 is 0 Å². The van der Waals surface area contributed by atoms with Gasteiger partial charge in [-0.25, -0.2) is 0 Å². The van der Waals surface area contributed by atoms with E-state index in [1.54, 1.807) is 12.1 Å². The number of likely N-dealkylation sites (tertiary alicyclic amines) is 1. The molecule has 3 rings (SSSR count). The Hall–Kier alpha value is -1.94. The van der Waals surface area contributed by atoms with Crippen LogP contribution in [-0.2, 0) is 4.79 Å². The molecule has 0 N–H and O–H groups in total. The zero-order chi connectivity index (χ0) is 16.9. The second-order valence-electron chi connectivity index (χ2n) is 6.09. The summed E-state index contributed by atoms with van der Waals surface area (Å²) in [6.07, 6.45) is 2.55. The highest BCUT2D eigenvalue weighted by molar-refractivity contribution is 9.10. The van der Waals surface area contributed by atoms with Crippen LogP contribution in [0.1, 0.15) is 47.6 Å². The fraction of sp³-hybridized carbons (Fsp3) is 0.300. The minimum atomic E-state index is 0.0197. The summed E-state index contributed by atoms with van der Waals surface area (Å²) >= 11 is 3.36. The lowest BCUT2D eigenvalue weighted by Crippen LogP contribution is -2.30. The quantitative estimate of drug-likeness (QED) is 0.694. The van der Waals surface area contributed by atoms with Crippen molar-refractivity contribution in [2.24, 2.45) is 0 Å². The SMILES string of the molecule is O=C(CCC(=O)N1CCCC1c1ccccc1)c1ccc(Br)cc1. The van der Waals surface area contributed by atoms with Crippen LogP contribution >= 0.6 is 15.9 Å². The van der Waals surface area contributed by atoms with E-state index in [0.717, 1.165) is 23.9 Å². The number of amides is 1. The van der Waals surface area contributed by atoms with Gasteiger partial charge in [-0.2, -0.15) is 0 Å². The van der Waals surface area contributed by atoms with E-state index in [2.05, 4.69) is 28.1 Å². The lowest BCUT2D eigenvalue weighted by atomic mass is 10.0. The molecule has 1 amide bonds. The first-order valence-electron chi connectivity index (χ1n) is 8.28. The first-order chi connectivity index (χ1) is 11.6. The predicted octanol–water partition coefficient (Wildman–Crippen LogP) is 4.78. The van der Waals surface area contributed by atoms with Gasteiger partial charge in [0.15, 0.2) is 5.78 Å². The van der Waals surface area contributed by atoms with Crippen LogP contribution in [0, 0.1) is 0 Å². The number of ketones is 1. The molecule has 1 atom stereocenters. The summed E-state index contributed by atoms with van der Waals surface area (Å²) in [5, 5.41) is 0. The third-order valence-corrected chi connectivity index (χ3v) is 5.02. The average Bonchev–Trinajstić information content (AvgIpc) is 3.10. The van der Waals surface area contributed by atoms with Gasteiger partial charge < -0.3 is 4.90 Å². The van der Waals surface area contributed by atoms with Crippen LogP contribution in [0.2, 0.25) is 0 Å². The Kier molecular flexibility index (Phi) is 5.46. The fourth-order valence-electron chi connectivity index (χ4n) is 3.23. The molecular formula is C20H20BrNO2. The van der Waals surface area contributed by atoms with Gasteiger partial charge >= 0.3 is 0 Å². The van der Waals surface area contributed by atoms with E-state index < -0.39 is 0 Å². The molecule has 1 aliphatic rings. The summed E-state index contributed by atoms with van der Waals surface area (Å²) in [7, 11) is 0. The third kappa shape index (κ3) is 3.93. The van der Waals surface area contributed by atoms with Crippen LogP contribution in [0.15, 0.2) is 59.1 Å². The lowest BCUT2D eigenvalue weighted by Gasteiger charge is -2.25. The number of carbonyl (C=O) groups excluding carboxylic acids is 2. The van der Waals surface area contributed by atoms with Crippen molar-refractivity contribution in [2.75, 3.05) is 6.54 Å². The van der Waals surface area contributed by atoms with Crippen LogP contribution in [0.4, 0.5) is 0 Å². The average molecular weight is 386 g/mol. The number of hydrogen-bond donors (Lipinski definition) is 0. The monoisotopic (exact) mass is 385 g/mol. The van der Waals surface area contributed by atoms with Crippen LogP contribution < -0.4 is 0 Å². The second-order valence-corrected chi connectivity index (χ2v) is 7.00. The van der Waals surface area contributed by atoms with E-state index in [1.807, 2.05) is 35.2 Å². The molecule has 0 saturated carbocycles. The van der Waals surface area contributed by atoms with Crippen LogP contribution in [0.5, 0.6) is 0 Å². The largest absolute Gasteiger partial charge is 0.336 e. The molecule has 0 aliphatic carbocycles. The number of carbonyl (C=O) groups is 2. The Balaban J connectivity index is 1.60. The topological polar surface area (TPSA) is 37.4 Å². The molecule has 0 spiro atoms. The van der Waals surface area contributed by atoms with Crippen molar-refractivity contribution < 1.29 is 9.59 Å². The number of Topliss-reactive ketones (excluding diaryl/α,β-unsaturated/α-hetero) is 1. The normalized spacial score (nSPS) is 17.0. The Labute approximate surface area is 150 Å². The molecule has 24 heavy (non-hydrogen) atoms. The van der Waals surface area contributed by atoms with Gasteiger partial charge in [0.25, 0.3) is 0 Å². The standard InChI is InChI=1S/C20H20BrNO2/c21-17-10-8-16(9-11-17)19(23)12-13-20(24)22-14-4-7-18(22)15-5-2-1-3-6-15/h1-3,5-6,8-11,18H,4,7,12-14H2. The van der Waals surface area contributed by atoms with Gasteiger partial charge in [-0.05, 0) is 30.5 Å². The molecule has 2 aromatic rings. The summed E-state index contributed by atoms with van der Waals surface area (Å²) < 4.78 is 0.942. The lowest BCUT2D eigenvalue weighted by molar-refractivity contribution is -0.132. The number of nitrogens with zero attached hydrogens (tertiary/aromatic N) is 1.